The monoisotopic (exact) mass is 617 g/mol. The molecule has 0 bridgehead atoms. The third-order valence-electron chi connectivity index (χ3n) is 11.3. The first-order valence-electron chi connectivity index (χ1n) is 16.5. The van der Waals surface area contributed by atoms with Gasteiger partial charge in [0, 0.05) is 13.7 Å². The molecule has 6 atom stereocenters. The lowest BCUT2D eigenvalue weighted by atomic mass is 9.70. The highest BCUT2D eigenvalue weighted by Crippen LogP contribution is 2.65. The number of hydrogen-bond donors (Lipinski definition) is 4. The molecule has 1 saturated heterocycles. The van der Waals surface area contributed by atoms with Crippen molar-refractivity contribution in [1.82, 2.24) is 20.9 Å². The summed E-state index contributed by atoms with van der Waals surface area (Å²) >= 11 is 0. The summed E-state index contributed by atoms with van der Waals surface area (Å²) in [6.45, 7) is 13.0. The van der Waals surface area contributed by atoms with Gasteiger partial charge in [-0.05, 0) is 53.3 Å². The van der Waals surface area contributed by atoms with Crippen LogP contribution in [-0.2, 0) is 23.9 Å². The summed E-state index contributed by atoms with van der Waals surface area (Å²) in [6.07, 6.45) is 7.86. The number of hydrogen-bond acceptors (Lipinski definition) is 6. The molecule has 11 nitrogen and oxygen atoms in total. The van der Waals surface area contributed by atoms with E-state index in [-0.39, 0.29) is 40.5 Å². The lowest BCUT2D eigenvalue weighted by Gasteiger charge is -2.43. The molecule has 5 amide bonds. The number of primary amides is 1. The minimum atomic E-state index is -1.07. The van der Waals surface area contributed by atoms with Gasteiger partial charge in [-0.15, -0.1) is 0 Å². The van der Waals surface area contributed by atoms with Gasteiger partial charge in [0.15, 0.2) is 0 Å². The Kier molecular flexibility index (Phi) is 10.1. The summed E-state index contributed by atoms with van der Waals surface area (Å²) in [7, 11) is 1.59. The van der Waals surface area contributed by atoms with E-state index in [2.05, 4.69) is 36.7 Å². The second kappa shape index (κ2) is 13.0. The molecule has 0 aromatic rings. The largest absolute Gasteiger partial charge is 0.383 e. The number of carbonyl (C=O) groups is 5. The predicted octanol–water partition coefficient (Wildman–Crippen LogP) is 2.90. The second-order valence-corrected chi connectivity index (χ2v) is 15.9. The Hall–Kier alpha value is -2.69. The molecule has 4 fully saturated rings. The number of ether oxygens (including phenoxy) is 1. The molecule has 0 aromatic carbocycles. The summed E-state index contributed by atoms with van der Waals surface area (Å²) in [6, 6.07) is -3.36. The Morgan fingerprint density at radius 2 is 1.59 bits per heavy atom. The second-order valence-electron chi connectivity index (χ2n) is 15.9. The minimum absolute atomic E-state index is 0.0832. The zero-order valence-corrected chi connectivity index (χ0v) is 27.8. The average Bonchev–Trinajstić information content (AvgIpc) is 3.24. The lowest BCUT2D eigenvalue weighted by Crippen LogP contribution is -2.63. The summed E-state index contributed by atoms with van der Waals surface area (Å²) in [5.74, 6) is -2.28. The van der Waals surface area contributed by atoms with Crippen LogP contribution in [0.15, 0.2) is 0 Å². The van der Waals surface area contributed by atoms with Gasteiger partial charge in [0.2, 0.25) is 17.6 Å². The van der Waals surface area contributed by atoms with Crippen molar-refractivity contribution in [3.05, 3.63) is 0 Å². The number of methoxy groups -OCH3 is 1. The number of carbonyl (C=O) groups excluding carboxylic acids is 5. The van der Waals surface area contributed by atoms with E-state index in [1.807, 2.05) is 20.8 Å². The van der Waals surface area contributed by atoms with Crippen LogP contribution in [0.4, 0.5) is 4.79 Å². The molecule has 1 aliphatic heterocycles. The fourth-order valence-electron chi connectivity index (χ4n) is 7.89. The number of likely N-dealkylation sites (tertiary alicyclic amines) is 1. The van der Waals surface area contributed by atoms with Crippen molar-refractivity contribution in [1.29, 1.82) is 0 Å². The molecule has 248 valence electrons. The van der Waals surface area contributed by atoms with Gasteiger partial charge in [-0.3, -0.25) is 19.2 Å². The normalized spacial score (nSPS) is 27.6. The first-order valence-corrected chi connectivity index (χ1v) is 16.5. The number of urea groups is 1. The number of amides is 5. The number of rotatable bonds is 12. The summed E-state index contributed by atoms with van der Waals surface area (Å²) in [5, 5.41) is 8.92. The van der Waals surface area contributed by atoms with Crippen LogP contribution in [0.25, 0.3) is 0 Å². The Balaban J connectivity index is 1.59. The molecular formula is C33H55N5O6. The molecule has 11 heteroatoms. The highest BCUT2D eigenvalue weighted by Gasteiger charge is 2.70. The summed E-state index contributed by atoms with van der Waals surface area (Å²) < 4.78 is 5.36. The van der Waals surface area contributed by atoms with Crippen LogP contribution in [0, 0.1) is 34.0 Å². The van der Waals surface area contributed by atoms with E-state index in [9.17, 15) is 24.0 Å². The van der Waals surface area contributed by atoms with Gasteiger partial charge in [-0.1, -0.05) is 80.1 Å². The van der Waals surface area contributed by atoms with Crippen LogP contribution in [0.5, 0.6) is 0 Å². The van der Waals surface area contributed by atoms with Gasteiger partial charge in [-0.2, -0.15) is 0 Å². The van der Waals surface area contributed by atoms with Crippen molar-refractivity contribution in [2.24, 2.45) is 39.7 Å². The van der Waals surface area contributed by atoms with Crippen LogP contribution in [0.3, 0.4) is 0 Å². The van der Waals surface area contributed by atoms with Crippen molar-refractivity contribution in [3.8, 4) is 0 Å². The molecule has 0 aromatic heterocycles. The fraction of sp³-hybridized carbons (Fsp3) is 0.848. The van der Waals surface area contributed by atoms with Crippen LogP contribution < -0.4 is 21.7 Å². The zero-order chi connectivity index (χ0) is 32.6. The first-order chi connectivity index (χ1) is 20.5. The molecule has 3 aliphatic carbocycles. The van der Waals surface area contributed by atoms with Gasteiger partial charge < -0.3 is 31.3 Å². The molecule has 4 aliphatic rings. The standard InChI is InChI=1S/C33H55N5O6/c1-31(2,3)22(18-44-7)36-30(43)37-26(33(6)14-9-8-10-15-33)29(42)38-17-20-23(32(20,4)5)24(38)28(41)35-21(25(39)27(34)40)16-19-12-11-13-19/h19-24,26H,8-18H2,1-7H3,(H2,34,40)(H,35,41)(H2,36,37,43)/t20-,21?,22+,23-,24-,26+/m0/s1. The van der Waals surface area contributed by atoms with Crippen molar-refractivity contribution in [3.63, 3.8) is 0 Å². The van der Waals surface area contributed by atoms with Gasteiger partial charge in [0.25, 0.3) is 5.91 Å². The van der Waals surface area contributed by atoms with Gasteiger partial charge in [-0.25, -0.2) is 4.79 Å². The third kappa shape index (κ3) is 7.07. The van der Waals surface area contributed by atoms with E-state index < -0.39 is 47.2 Å². The van der Waals surface area contributed by atoms with Crippen LogP contribution in [0.1, 0.15) is 99.3 Å². The van der Waals surface area contributed by atoms with Gasteiger partial charge >= 0.3 is 6.03 Å². The number of Topliss-reactive ketones (excluding diaryl/α,β-unsaturated/α-hetero) is 1. The van der Waals surface area contributed by atoms with Gasteiger partial charge in [0.05, 0.1) is 18.7 Å². The van der Waals surface area contributed by atoms with E-state index in [0.717, 1.165) is 51.4 Å². The number of nitrogens with zero attached hydrogens (tertiary/aromatic N) is 1. The van der Waals surface area contributed by atoms with E-state index in [0.29, 0.717) is 19.6 Å². The van der Waals surface area contributed by atoms with E-state index in [1.165, 1.54) is 0 Å². The Bertz CT molecular complexity index is 1120. The zero-order valence-electron chi connectivity index (χ0n) is 27.8. The van der Waals surface area contributed by atoms with E-state index in [4.69, 9.17) is 10.5 Å². The minimum Gasteiger partial charge on any atom is -0.383 e. The van der Waals surface area contributed by atoms with Gasteiger partial charge in [0.1, 0.15) is 12.1 Å². The predicted molar refractivity (Wildman–Crippen MR) is 166 cm³/mol. The van der Waals surface area contributed by atoms with Crippen LogP contribution >= 0.6 is 0 Å². The van der Waals surface area contributed by atoms with Crippen molar-refractivity contribution in [2.45, 2.75) is 123 Å². The molecule has 1 heterocycles. The SMILES string of the molecule is COC[C@@H](NC(=O)N[C@H](C(=O)N1C[C@H]2[C@@H]([C@H]1C(=O)NC(CC1CCC1)C(=O)C(N)=O)C2(C)C)C1(C)CCCCC1)C(C)(C)C. The smallest absolute Gasteiger partial charge is 0.315 e. The maximum Gasteiger partial charge on any atom is 0.315 e. The topological polar surface area (TPSA) is 160 Å². The molecule has 1 unspecified atom stereocenters. The summed E-state index contributed by atoms with van der Waals surface area (Å²) in [4.78, 5) is 68.3. The first kappa shape index (κ1) is 34.2. The highest BCUT2D eigenvalue weighted by atomic mass is 16.5. The molecular weight excluding hydrogens is 562 g/mol. The molecule has 3 saturated carbocycles. The number of nitrogens with two attached hydrogens (primary N) is 1. The third-order valence-corrected chi connectivity index (χ3v) is 11.3. The number of fused-ring (bicyclic) bond motifs is 1. The molecule has 0 spiro atoms. The lowest BCUT2D eigenvalue weighted by molar-refractivity contribution is -0.146. The van der Waals surface area contributed by atoms with E-state index >= 15 is 0 Å². The molecule has 5 N–H and O–H groups in total. The number of nitrogens with one attached hydrogen (secondary N) is 3. The number of ketones is 1. The Labute approximate surface area is 262 Å². The van der Waals surface area contributed by atoms with Crippen LogP contribution in [0.2, 0.25) is 0 Å². The highest BCUT2D eigenvalue weighted by molar-refractivity contribution is 6.37. The van der Waals surface area contributed by atoms with Crippen molar-refractivity contribution >= 4 is 29.5 Å². The molecule has 0 radical (unpaired) electrons. The van der Waals surface area contributed by atoms with Crippen molar-refractivity contribution < 1.29 is 28.7 Å². The Morgan fingerprint density at radius 3 is 2.11 bits per heavy atom. The average molecular weight is 618 g/mol. The summed E-state index contributed by atoms with van der Waals surface area (Å²) in [5.41, 5.74) is 4.46. The maximum absolute atomic E-state index is 14.6. The number of piperidine rings is 1. The van der Waals surface area contributed by atoms with Crippen LogP contribution in [-0.4, -0.2) is 78.9 Å². The Morgan fingerprint density at radius 1 is 0.955 bits per heavy atom. The maximum atomic E-state index is 14.6. The fourth-order valence-corrected chi connectivity index (χ4v) is 7.89. The quantitative estimate of drug-likeness (QED) is 0.247. The molecule has 4 rings (SSSR count). The van der Waals surface area contributed by atoms with Crippen molar-refractivity contribution in [2.75, 3.05) is 20.3 Å². The molecule has 44 heavy (non-hydrogen) atoms. The van der Waals surface area contributed by atoms with E-state index in [1.54, 1.807) is 12.0 Å².